The van der Waals surface area contributed by atoms with Crippen LogP contribution in [-0.2, 0) is 6.42 Å². The summed E-state index contributed by atoms with van der Waals surface area (Å²) in [7, 11) is 1.62. The van der Waals surface area contributed by atoms with Crippen LogP contribution in [0.2, 0.25) is 5.02 Å². The Balaban J connectivity index is 1.57. The van der Waals surface area contributed by atoms with E-state index in [4.69, 9.17) is 21.1 Å². The first-order valence-corrected chi connectivity index (χ1v) is 10.6. The Hall–Kier alpha value is -3.64. The lowest BCUT2D eigenvalue weighted by Gasteiger charge is -2.35. The van der Waals surface area contributed by atoms with Crippen LogP contribution in [-0.4, -0.2) is 34.7 Å². The largest absolute Gasteiger partial charge is 0.508 e. The van der Waals surface area contributed by atoms with Crippen LogP contribution in [0.3, 0.4) is 0 Å². The van der Waals surface area contributed by atoms with E-state index in [0.717, 1.165) is 33.5 Å². The number of aromatic nitrogens is 1. The maximum atomic E-state index is 13.2. The third-order valence-corrected chi connectivity index (χ3v) is 6.03. The van der Waals surface area contributed by atoms with Crippen molar-refractivity contribution in [1.82, 2.24) is 9.88 Å². The molecule has 0 saturated carbocycles. The summed E-state index contributed by atoms with van der Waals surface area (Å²) in [5.74, 6) is 1.22. The average molecular weight is 449 g/mol. The second-order valence-electron chi connectivity index (χ2n) is 7.69. The van der Waals surface area contributed by atoms with Crippen molar-refractivity contribution in [2.24, 2.45) is 0 Å². The van der Waals surface area contributed by atoms with Gasteiger partial charge in [-0.25, -0.2) is 4.79 Å². The maximum absolute atomic E-state index is 13.2. The number of phenolic OH excluding ortho intramolecular Hbond substituents is 1. The van der Waals surface area contributed by atoms with Gasteiger partial charge in [0.2, 0.25) is 0 Å². The number of rotatable bonds is 3. The predicted octanol–water partition coefficient (Wildman–Crippen LogP) is 5.68. The molecule has 4 aromatic rings. The number of carbonyl (C=O) groups excluding carboxylic acids is 1. The highest BCUT2D eigenvalue weighted by atomic mass is 35.5. The molecule has 1 aliphatic rings. The topological polar surface area (TPSA) is 74.8 Å². The molecule has 3 aromatic carbocycles. The van der Waals surface area contributed by atoms with Gasteiger partial charge in [0.25, 0.3) is 0 Å². The number of nitrogens with one attached hydrogen (secondary N) is 1. The smallest absolute Gasteiger partial charge is 0.416 e. The van der Waals surface area contributed by atoms with E-state index in [1.165, 1.54) is 12.1 Å². The molecule has 7 heteroatoms. The minimum Gasteiger partial charge on any atom is -0.508 e. The summed E-state index contributed by atoms with van der Waals surface area (Å²) in [6, 6.07) is 19.2. The molecular weight excluding hydrogens is 428 g/mol. The van der Waals surface area contributed by atoms with Crippen LogP contribution in [0.15, 0.2) is 66.7 Å². The lowest BCUT2D eigenvalue weighted by atomic mass is 9.92. The summed E-state index contributed by atoms with van der Waals surface area (Å²) < 4.78 is 10.9. The Morgan fingerprint density at radius 1 is 1.06 bits per heavy atom. The third kappa shape index (κ3) is 3.63. The van der Waals surface area contributed by atoms with Gasteiger partial charge in [-0.2, -0.15) is 0 Å². The van der Waals surface area contributed by atoms with Crippen LogP contribution >= 0.6 is 11.6 Å². The van der Waals surface area contributed by atoms with Crippen LogP contribution in [0.25, 0.3) is 10.9 Å². The average Bonchev–Trinajstić information content (AvgIpc) is 3.18. The van der Waals surface area contributed by atoms with E-state index in [0.29, 0.717) is 23.7 Å². The lowest BCUT2D eigenvalue weighted by Crippen LogP contribution is -2.42. The molecule has 2 N–H and O–H groups in total. The fourth-order valence-electron chi connectivity index (χ4n) is 4.26. The van der Waals surface area contributed by atoms with Crippen molar-refractivity contribution in [2.75, 3.05) is 13.7 Å². The van der Waals surface area contributed by atoms with Crippen molar-refractivity contribution < 1.29 is 19.4 Å². The van der Waals surface area contributed by atoms with E-state index in [1.54, 1.807) is 24.1 Å². The first-order valence-electron chi connectivity index (χ1n) is 10.2. The number of amides is 1. The van der Waals surface area contributed by atoms with Crippen LogP contribution < -0.4 is 9.47 Å². The number of nitrogens with zero attached hydrogens (tertiary/aromatic N) is 1. The molecule has 162 valence electrons. The molecule has 1 amide bonds. The molecule has 2 heterocycles. The van der Waals surface area contributed by atoms with Crippen molar-refractivity contribution in [1.29, 1.82) is 0 Å². The van der Waals surface area contributed by atoms with E-state index < -0.39 is 6.09 Å². The normalized spacial score (nSPS) is 15.4. The molecular formula is C25H21ClN2O4. The summed E-state index contributed by atoms with van der Waals surface area (Å²) in [6.45, 7) is 0.486. The second-order valence-corrected chi connectivity index (χ2v) is 8.12. The van der Waals surface area contributed by atoms with Crippen molar-refractivity contribution in [3.63, 3.8) is 0 Å². The summed E-state index contributed by atoms with van der Waals surface area (Å²) in [5.41, 5.74) is 4.01. The SMILES string of the molecule is COc1ccc(C2c3[nH]c4ccc(Cl)cc4c3CCN2C(=O)Oc2ccc(O)cc2)cc1. The number of ether oxygens (including phenoxy) is 2. The molecule has 0 fully saturated rings. The van der Waals surface area contributed by atoms with Gasteiger partial charge in [0.1, 0.15) is 23.3 Å². The molecule has 0 radical (unpaired) electrons. The maximum Gasteiger partial charge on any atom is 0.416 e. The van der Waals surface area contributed by atoms with Crippen molar-refractivity contribution in [3.05, 3.63) is 88.6 Å². The van der Waals surface area contributed by atoms with E-state index >= 15 is 0 Å². The highest BCUT2D eigenvalue weighted by molar-refractivity contribution is 6.31. The van der Waals surface area contributed by atoms with Gasteiger partial charge in [0, 0.05) is 28.2 Å². The number of aromatic hydroxyl groups is 1. The molecule has 0 aliphatic carbocycles. The Bertz CT molecular complexity index is 1280. The molecule has 1 atom stereocenters. The number of H-pyrrole nitrogens is 1. The fourth-order valence-corrected chi connectivity index (χ4v) is 4.44. The standard InChI is InChI=1S/C25H21ClN2O4/c1-31-18-7-2-15(3-8-18)24-23-20(21-14-16(26)4-11-22(21)27-23)12-13-28(24)25(30)32-19-9-5-17(29)6-10-19/h2-11,14,24,27,29H,12-13H2,1H3. The lowest BCUT2D eigenvalue weighted by molar-refractivity contribution is 0.135. The molecule has 5 rings (SSSR count). The Morgan fingerprint density at radius 3 is 2.50 bits per heavy atom. The van der Waals surface area contributed by atoms with Gasteiger partial charge in [-0.05, 0) is 72.1 Å². The molecule has 1 aliphatic heterocycles. The summed E-state index contributed by atoms with van der Waals surface area (Å²) in [4.78, 5) is 18.4. The van der Waals surface area contributed by atoms with Crippen molar-refractivity contribution >= 4 is 28.6 Å². The van der Waals surface area contributed by atoms with Gasteiger partial charge >= 0.3 is 6.09 Å². The number of methoxy groups -OCH3 is 1. The summed E-state index contributed by atoms with van der Waals surface area (Å²) in [6.07, 6.45) is 0.214. The van der Waals surface area contributed by atoms with Gasteiger partial charge in [0.05, 0.1) is 7.11 Å². The molecule has 0 spiro atoms. The quantitative estimate of drug-likeness (QED) is 0.422. The molecule has 1 aromatic heterocycles. The van der Waals surface area contributed by atoms with Crippen LogP contribution in [0.1, 0.15) is 22.9 Å². The third-order valence-electron chi connectivity index (χ3n) is 5.80. The zero-order chi connectivity index (χ0) is 22.2. The number of hydrogen-bond donors (Lipinski definition) is 2. The van der Waals surface area contributed by atoms with Crippen molar-refractivity contribution in [3.8, 4) is 17.2 Å². The summed E-state index contributed by atoms with van der Waals surface area (Å²) >= 11 is 6.26. The first-order chi connectivity index (χ1) is 15.5. The molecule has 32 heavy (non-hydrogen) atoms. The van der Waals surface area contributed by atoms with E-state index in [2.05, 4.69) is 4.98 Å². The number of benzene rings is 3. The highest BCUT2D eigenvalue weighted by Crippen LogP contribution is 2.40. The predicted molar refractivity (Wildman–Crippen MR) is 123 cm³/mol. The van der Waals surface area contributed by atoms with E-state index in [-0.39, 0.29) is 11.8 Å². The first kappa shape index (κ1) is 20.3. The zero-order valence-corrected chi connectivity index (χ0v) is 18.1. The van der Waals surface area contributed by atoms with Crippen LogP contribution in [0.4, 0.5) is 4.79 Å². The fraction of sp³-hybridized carbons (Fsp3) is 0.160. The minimum atomic E-state index is -0.459. The van der Waals surface area contributed by atoms with Gasteiger partial charge in [-0.15, -0.1) is 0 Å². The van der Waals surface area contributed by atoms with Crippen LogP contribution in [0, 0.1) is 0 Å². The van der Waals surface area contributed by atoms with Gasteiger partial charge in [-0.3, -0.25) is 4.90 Å². The number of carbonyl (C=O) groups is 1. The number of fused-ring (bicyclic) bond motifs is 3. The Morgan fingerprint density at radius 2 is 1.78 bits per heavy atom. The number of aromatic amines is 1. The minimum absolute atomic E-state index is 0.111. The number of halogens is 1. The Labute approximate surface area is 190 Å². The number of hydrogen-bond acceptors (Lipinski definition) is 4. The summed E-state index contributed by atoms with van der Waals surface area (Å²) in [5, 5.41) is 11.2. The molecule has 0 bridgehead atoms. The Kier molecular flexibility index (Phi) is 5.15. The molecule has 0 saturated heterocycles. The second kappa shape index (κ2) is 8.13. The molecule has 1 unspecified atom stereocenters. The number of phenols is 1. The van der Waals surface area contributed by atoms with Crippen molar-refractivity contribution in [2.45, 2.75) is 12.5 Å². The van der Waals surface area contributed by atoms with E-state index in [9.17, 15) is 9.90 Å². The van der Waals surface area contributed by atoms with Gasteiger partial charge in [0.15, 0.2) is 0 Å². The van der Waals surface area contributed by atoms with E-state index in [1.807, 2.05) is 42.5 Å². The highest BCUT2D eigenvalue weighted by Gasteiger charge is 2.35. The van der Waals surface area contributed by atoms with Gasteiger partial charge in [-0.1, -0.05) is 23.7 Å². The molecule has 6 nitrogen and oxygen atoms in total. The van der Waals surface area contributed by atoms with Gasteiger partial charge < -0.3 is 19.6 Å². The monoisotopic (exact) mass is 448 g/mol. The zero-order valence-electron chi connectivity index (χ0n) is 17.3. The van der Waals surface area contributed by atoms with Crippen LogP contribution in [0.5, 0.6) is 17.2 Å².